The first kappa shape index (κ1) is 21.7. The maximum atomic E-state index is 13.4. The van der Waals surface area contributed by atoms with Crippen molar-refractivity contribution in [2.24, 2.45) is 5.10 Å². The van der Waals surface area contributed by atoms with E-state index in [0.717, 1.165) is 22.6 Å². The molecule has 0 aromatic heterocycles. The van der Waals surface area contributed by atoms with Gasteiger partial charge in [0.1, 0.15) is 5.75 Å². The van der Waals surface area contributed by atoms with E-state index in [1.165, 1.54) is 5.01 Å². The summed E-state index contributed by atoms with van der Waals surface area (Å²) in [5.74, 6) is 1.72. The fourth-order valence-corrected chi connectivity index (χ4v) is 3.95. The van der Waals surface area contributed by atoms with Crippen molar-refractivity contribution < 1.29 is 19.0 Å². The van der Waals surface area contributed by atoms with Gasteiger partial charge in [-0.3, -0.25) is 4.79 Å². The topological polar surface area (TPSA) is 60.4 Å². The molecule has 0 radical (unpaired) electrons. The molecule has 3 aromatic carbocycles. The van der Waals surface area contributed by atoms with E-state index in [-0.39, 0.29) is 11.9 Å². The molecule has 4 rings (SSSR count). The highest BCUT2D eigenvalue weighted by Gasteiger charge is 2.34. The summed E-state index contributed by atoms with van der Waals surface area (Å²) in [7, 11) is 4.80. The van der Waals surface area contributed by atoms with Crippen LogP contribution in [0, 0.1) is 0 Å². The summed E-state index contributed by atoms with van der Waals surface area (Å²) in [6.07, 6.45) is 0.540. The van der Waals surface area contributed by atoms with Gasteiger partial charge in [-0.15, -0.1) is 0 Å². The number of carbonyl (C=O) groups is 1. The van der Waals surface area contributed by atoms with Crippen LogP contribution in [0.4, 0.5) is 0 Å². The molecule has 1 heterocycles. The van der Waals surface area contributed by atoms with E-state index in [0.29, 0.717) is 28.5 Å². The summed E-state index contributed by atoms with van der Waals surface area (Å²) >= 11 is 6.31. The van der Waals surface area contributed by atoms with Crippen molar-refractivity contribution in [2.45, 2.75) is 12.5 Å². The molecule has 164 valence electrons. The Kier molecular flexibility index (Phi) is 6.32. The number of amides is 1. The number of halogens is 1. The van der Waals surface area contributed by atoms with Crippen LogP contribution in [0.15, 0.2) is 71.8 Å². The molecule has 1 aliphatic rings. The highest BCUT2D eigenvalue weighted by atomic mass is 35.5. The molecular weight excluding hydrogens is 428 g/mol. The lowest BCUT2D eigenvalue weighted by molar-refractivity contribution is 0.0711. The minimum absolute atomic E-state index is 0.258. The van der Waals surface area contributed by atoms with Gasteiger partial charge in [0.05, 0.1) is 43.7 Å². The largest absolute Gasteiger partial charge is 0.497 e. The summed E-state index contributed by atoms with van der Waals surface area (Å²) < 4.78 is 16.1. The van der Waals surface area contributed by atoms with E-state index in [2.05, 4.69) is 0 Å². The van der Waals surface area contributed by atoms with Crippen molar-refractivity contribution in [3.63, 3.8) is 0 Å². The molecule has 0 unspecified atom stereocenters. The molecule has 0 aliphatic carbocycles. The van der Waals surface area contributed by atoms with Crippen molar-refractivity contribution in [3.8, 4) is 17.2 Å². The zero-order valence-corrected chi connectivity index (χ0v) is 18.8. The van der Waals surface area contributed by atoms with E-state index in [1.54, 1.807) is 45.6 Å². The van der Waals surface area contributed by atoms with Crippen molar-refractivity contribution in [1.29, 1.82) is 0 Å². The number of nitrogens with zero attached hydrogens (tertiary/aromatic N) is 2. The van der Waals surface area contributed by atoms with Crippen LogP contribution >= 0.6 is 11.6 Å². The van der Waals surface area contributed by atoms with Crippen LogP contribution in [-0.4, -0.2) is 38.0 Å². The predicted octanol–water partition coefficient (Wildman–Crippen LogP) is 5.36. The van der Waals surface area contributed by atoms with Gasteiger partial charge in [0.15, 0.2) is 11.5 Å². The van der Waals surface area contributed by atoms with Gasteiger partial charge in [-0.2, -0.15) is 5.10 Å². The Bertz CT molecular complexity index is 1160. The average Bonchev–Trinajstić information content (AvgIpc) is 3.29. The molecular formula is C25H23ClN2O4. The van der Waals surface area contributed by atoms with E-state index in [9.17, 15) is 4.79 Å². The first-order valence-corrected chi connectivity index (χ1v) is 10.5. The molecule has 1 atom stereocenters. The van der Waals surface area contributed by atoms with Gasteiger partial charge in [-0.05, 0) is 48.0 Å². The SMILES string of the molecule is COc1ccc([C@H]2CC(c3ccc(OC)c(OC)c3)=NN2C(=O)c2ccccc2Cl)cc1. The Hall–Kier alpha value is -3.51. The second kappa shape index (κ2) is 9.32. The summed E-state index contributed by atoms with van der Waals surface area (Å²) in [6, 6.07) is 20.0. The van der Waals surface area contributed by atoms with Gasteiger partial charge < -0.3 is 14.2 Å². The maximum absolute atomic E-state index is 13.4. The third-order valence-corrected chi connectivity index (χ3v) is 5.77. The van der Waals surface area contributed by atoms with E-state index >= 15 is 0 Å². The Morgan fingerprint density at radius 1 is 0.938 bits per heavy atom. The minimum atomic E-state index is -0.284. The standard InChI is InChI=1S/C25H23ClN2O4/c1-30-18-11-8-16(9-12-18)22-15-21(17-10-13-23(31-2)24(14-17)32-3)27-28(22)25(29)19-6-4-5-7-20(19)26/h4-14,22H,15H2,1-3H3/t22-/m1/s1. The Balaban J connectivity index is 1.75. The second-order valence-corrected chi connectivity index (χ2v) is 7.65. The number of carbonyl (C=O) groups excluding carboxylic acids is 1. The number of rotatable bonds is 6. The second-order valence-electron chi connectivity index (χ2n) is 7.24. The molecule has 0 bridgehead atoms. The van der Waals surface area contributed by atoms with E-state index < -0.39 is 0 Å². The van der Waals surface area contributed by atoms with Crippen molar-refractivity contribution in [2.75, 3.05) is 21.3 Å². The molecule has 1 amide bonds. The van der Waals surface area contributed by atoms with Crippen LogP contribution in [-0.2, 0) is 0 Å². The molecule has 0 saturated carbocycles. The molecule has 1 aliphatic heterocycles. The summed E-state index contributed by atoms with van der Waals surface area (Å²) in [5.41, 5.74) is 2.98. The van der Waals surface area contributed by atoms with Crippen LogP contribution in [0.25, 0.3) is 0 Å². The van der Waals surface area contributed by atoms with Crippen molar-refractivity contribution in [3.05, 3.63) is 88.4 Å². The first-order valence-electron chi connectivity index (χ1n) is 10.1. The summed E-state index contributed by atoms with van der Waals surface area (Å²) in [4.78, 5) is 13.4. The molecule has 0 spiro atoms. The Labute approximate surface area is 192 Å². The summed E-state index contributed by atoms with van der Waals surface area (Å²) in [6.45, 7) is 0. The predicted molar refractivity (Wildman–Crippen MR) is 124 cm³/mol. The van der Waals surface area contributed by atoms with Crippen LogP contribution in [0.3, 0.4) is 0 Å². The third-order valence-electron chi connectivity index (χ3n) is 5.44. The fraction of sp³-hybridized carbons (Fsp3) is 0.200. The Morgan fingerprint density at radius 3 is 2.31 bits per heavy atom. The first-order chi connectivity index (χ1) is 15.5. The fourth-order valence-electron chi connectivity index (χ4n) is 3.73. The zero-order chi connectivity index (χ0) is 22.7. The quantitative estimate of drug-likeness (QED) is 0.507. The zero-order valence-electron chi connectivity index (χ0n) is 18.0. The van der Waals surface area contributed by atoms with Crippen molar-refractivity contribution >= 4 is 23.2 Å². The molecule has 6 nitrogen and oxygen atoms in total. The maximum Gasteiger partial charge on any atom is 0.276 e. The summed E-state index contributed by atoms with van der Waals surface area (Å²) in [5, 5.41) is 6.62. The molecule has 0 saturated heterocycles. The van der Waals surface area contributed by atoms with Crippen LogP contribution in [0.5, 0.6) is 17.2 Å². The highest BCUT2D eigenvalue weighted by Crippen LogP contribution is 2.37. The lowest BCUT2D eigenvalue weighted by atomic mass is 9.97. The molecule has 7 heteroatoms. The number of hydrazone groups is 1. The van der Waals surface area contributed by atoms with Crippen LogP contribution < -0.4 is 14.2 Å². The van der Waals surface area contributed by atoms with Crippen LogP contribution in [0.1, 0.15) is 33.9 Å². The number of hydrogen-bond acceptors (Lipinski definition) is 5. The van der Waals surface area contributed by atoms with Gasteiger partial charge in [0, 0.05) is 12.0 Å². The lowest BCUT2D eigenvalue weighted by Gasteiger charge is -2.22. The minimum Gasteiger partial charge on any atom is -0.497 e. The third kappa shape index (κ3) is 4.14. The molecule has 0 fully saturated rings. The number of benzene rings is 3. The monoisotopic (exact) mass is 450 g/mol. The van der Waals surface area contributed by atoms with Gasteiger partial charge in [-0.1, -0.05) is 35.9 Å². The molecule has 3 aromatic rings. The smallest absolute Gasteiger partial charge is 0.276 e. The van der Waals surface area contributed by atoms with Gasteiger partial charge in [0.25, 0.3) is 5.91 Å². The highest BCUT2D eigenvalue weighted by molar-refractivity contribution is 6.33. The average molecular weight is 451 g/mol. The number of methoxy groups -OCH3 is 3. The Morgan fingerprint density at radius 2 is 1.66 bits per heavy atom. The van der Waals surface area contributed by atoms with E-state index in [1.807, 2.05) is 42.5 Å². The van der Waals surface area contributed by atoms with Gasteiger partial charge in [-0.25, -0.2) is 5.01 Å². The van der Waals surface area contributed by atoms with Gasteiger partial charge >= 0.3 is 0 Å². The molecule has 32 heavy (non-hydrogen) atoms. The molecule has 0 N–H and O–H groups in total. The number of ether oxygens (including phenoxy) is 3. The van der Waals surface area contributed by atoms with E-state index in [4.69, 9.17) is 30.9 Å². The lowest BCUT2D eigenvalue weighted by Crippen LogP contribution is -2.27. The van der Waals surface area contributed by atoms with Gasteiger partial charge in [0.2, 0.25) is 0 Å². The van der Waals surface area contributed by atoms with Crippen molar-refractivity contribution in [1.82, 2.24) is 5.01 Å². The van der Waals surface area contributed by atoms with Crippen LogP contribution in [0.2, 0.25) is 5.02 Å². The normalized spacial score (nSPS) is 15.3. The number of hydrogen-bond donors (Lipinski definition) is 0.